The lowest BCUT2D eigenvalue weighted by molar-refractivity contribution is 0.0134. The number of ether oxygens (including phenoxy) is 1. The molecule has 6 heteroatoms. The summed E-state index contributed by atoms with van der Waals surface area (Å²) in [5, 5.41) is 0.445. The first-order valence-corrected chi connectivity index (χ1v) is 7.16. The molecule has 0 saturated carbocycles. The van der Waals surface area contributed by atoms with Gasteiger partial charge >= 0.3 is 0 Å². The smallest absolute Gasteiger partial charge is 0.147 e. The number of hydrogen-bond donors (Lipinski definition) is 0. The highest BCUT2D eigenvalue weighted by Gasteiger charge is 2.35. The van der Waals surface area contributed by atoms with E-state index in [1.54, 1.807) is 12.4 Å². The minimum absolute atomic E-state index is 0.445. The third kappa shape index (κ3) is 2.83. The lowest BCUT2D eigenvalue weighted by atomic mass is 10.0. The third-order valence-electron chi connectivity index (χ3n) is 4.02. The van der Waals surface area contributed by atoms with E-state index >= 15 is 0 Å². The van der Waals surface area contributed by atoms with Crippen molar-refractivity contribution in [2.45, 2.75) is 13.0 Å². The van der Waals surface area contributed by atoms with Crippen molar-refractivity contribution < 1.29 is 4.74 Å². The van der Waals surface area contributed by atoms with Gasteiger partial charge in [-0.15, -0.1) is 0 Å². The maximum absolute atomic E-state index is 5.78. The molecule has 0 amide bonds. The van der Waals surface area contributed by atoms with Crippen LogP contribution in [0.2, 0.25) is 5.15 Å². The van der Waals surface area contributed by atoms with Crippen LogP contribution in [0.25, 0.3) is 0 Å². The van der Waals surface area contributed by atoms with Gasteiger partial charge in [0.25, 0.3) is 0 Å². The first kappa shape index (κ1) is 13.1. The molecule has 2 aliphatic heterocycles. The molecule has 3 heterocycles. The molecule has 5 nitrogen and oxygen atoms in total. The molecule has 0 aromatic carbocycles. The number of halogens is 1. The van der Waals surface area contributed by atoms with Crippen LogP contribution in [0.1, 0.15) is 6.92 Å². The number of rotatable bonds is 2. The molecule has 19 heavy (non-hydrogen) atoms. The second-order valence-corrected chi connectivity index (χ2v) is 5.68. The molecule has 1 aromatic rings. The van der Waals surface area contributed by atoms with Crippen molar-refractivity contribution in [3.05, 3.63) is 17.5 Å². The molecule has 0 spiro atoms. The van der Waals surface area contributed by atoms with E-state index in [9.17, 15) is 0 Å². The van der Waals surface area contributed by atoms with E-state index in [1.807, 2.05) is 0 Å². The summed E-state index contributed by atoms with van der Waals surface area (Å²) in [5.41, 5.74) is 0. The van der Waals surface area contributed by atoms with Gasteiger partial charge in [-0.05, 0) is 5.92 Å². The summed E-state index contributed by atoms with van der Waals surface area (Å²) < 4.78 is 5.43. The van der Waals surface area contributed by atoms with Gasteiger partial charge in [-0.1, -0.05) is 18.5 Å². The summed E-state index contributed by atoms with van der Waals surface area (Å²) in [6, 6.07) is 0.585. The number of aromatic nitrogens is 2. The van der Waals surface area contributed by atoms with Gasteiger partial charge in [0.2, 0.25) is 0 Å². The van der Waals surface area contributed by atoms with Crippen LogP contribution in [-0.2, 0) is 4.74 Å². The van der Waals surface area contributed by atoms with Crippen LogP contribution in [-0.4, -0.2) is 60.3 Å². The van der Waals surface area contributed by atoms with Crippen LogP contribution in [0.5, 0.6) is 0 Å². The van der Waals surface area contributed by atoms with Crippen molar-refractivity contribution in [2.75, 3.05) is 44.3 Å². The Morgan fingerprint density at radius 2 is 2.00 bits per heavy atom. The zero-order valence-corrected chi connectivity index (χ0v) is 11.9. The molecule has 104 valence electrons. The van der Waals surface area contributed by atoms with Gasteiger partial charge in [-0.2, -0.15) is 0 Å². The van der Waals surface area contributed by atoms with Crippen molar-refractivity contribution in [1.29, 1.82) is 0 Å². The van der Waals surface area contributed by atoms with Gasteiger partial charge in [0.15, 0.2) is 0 Å². The van der Waals surface area contributed by atoms with Crippen LogP contribution in [0.15, 0.2) is 12.4 Å². The van der Waals surface area contributed by atoms with Crippen LogP contribution in [0.4, 0.5) is 5.82 Å². The number of hydrogen-bond acceptors (Lipinski definition) is 5. The maximum Gasteiger partial charge on any atom is 0.147 e. The molecule has 0 bridgehead atoms. The van der Waals surface area contributed by atoms with Gasteiger partial charge in [0, 0.05) is 32.2 Å². The van der Waals surface area contributed by atoms with Crippen molar-refractivity contribution in [1.82, 2.24) is 14.9 Å². The van der Waals surface area contributed by atoms with Crippen LogP contribution >= 0.6 is 11.6 Å². The van der Waals surface area contributed by atoms with Gasteiger partial charge < -0.3 is 9.64 Å². The molecule has 2 unspecified atom stereocenters. The summed E-state index contributed by atoms with van der Waals surface area (Å²) in [4.78, 5) is 13.3. The Hall–Kier alpha value is -0.910. The molecule has 0 aliphatic carbocycles. The number of morpholine rings is 1. The Balaban J connectivity index is 1.68. The number of anilines is 1. The molecule has 3 rings (SSSR count). The zero-order chi connectivity index (χ0) is 13.2. The average molecular weight is 283 g/mol. The highest BCUT2D eigenvalue weighted by atomic mass is 35.5. The van der Waals surface area contributed by atoms with E-state index in [0.717, 1.165) is 45.2 Å². The Morgan fingerprint density at radius 3 is 2.68 bits per heavy atom. The van der Waals surface area contributed by atoms with Crippen LogP contribution in [0, 0.1) is 5.92 Å². The summed E-state index contributed by atoms with van der Waals surface area (Å²) in [5.74, 6) is 1.56. The highest BCUT2D eigenvalue weighted by molar-refractivity contribution is 6.29. The summed E-state index contributed by atoms with van der Waals surface area (Å²) >= 11 is 5.78. The van der Waals surface area contributed by atoms with E-state index in [1.165, 1.54) is 0 Å². The van der Waals surface area contributed by atoms with Crippen LogP contribution < -0.4 is 4.90 Å². The Kier molecular flexibility index (Phi) is 3.86. The SMILES string of the molecule is CC1CN(c2cnc(Cl)cn2)CC1N1CCOCC1. The molecule has 0 radical (unpaired) electrons. The minimum Gasteiger partial charge on any atom is -0.379 e. The molecular weight excluding hydrogens is 264 g/mol. The fourth-order valence-electron chi connectivity index (χ4n) is 2.99. The molecule has 2 aliphatic rings. The minimum atomic E-state index is 0.445. The molecule has 2 atom stereocenters. The first-order chi connectivity index (χ1) is 9.24. The van der Waals surface area contributed by atoms with Gasteiger partial charge in [-0.3, -0.25) is 4.90 Å². The average Bonchev–Trinajstić information content (AvgIpc) is 2.83. The summed E-state index contributed by atoms with van der Waals surface area (Å²) in [6.07, 6.45) is 3.38. The fraction of sp³-hybridized carbons (Fsp3) is 0.692. The van der Waals surface area contributed by atoms with E-state index in [2.05, 4.69) is 26.7 Å². The monoisotopic (exact) mass is 282 g/mol. The number of nitrogens with zero attached hydrogens (tertiary/aromatic N) is 4. The Bertz CT molecular complexity index is 421. The van der Waals surface area contributed by atoms with Crippen molar-refractivity contribution in [3.8, 4) is 0 Å². The van der Waals surface area contributed by atoms with Crippen LogP contribution in [0.3, 0.4) is 0 Å². The standard InChI is InChI=1S/C13H19ClN4O/c1-10-8-18(13-7-15-12(14)6-16-13)9-11(10)17-2-4-19-5-3-17/h6-7,10-11H,2-5,8-9H2,1H3. The molecular formula is C13H19ClN4O. The van der Waals surface area contributed by atoms with Crippen molar-refractivity contribution >= 4 is 17.4 Å². The Labute approximate surface area is 118 Å². The van der Waals surface area contributed by atoms with Crippen molar-refractivity contribution in [2.24, 2.45) is 5.92 Å². The second kappa shape index (κ2) is 5.61. The van der Waals surface area contributed by atoms with Gasteiger partial charge in [0.05, 0.1) is 25.6 Å². The van der Waals surface area contributed by atoms with E-state index in [4.69, 9.17) is 16.3 Å². The van der Waals surface area contributed by atoms with E-state index < -0.39 is 0 Å². The normalized spacial score (nSPS) is 28.8. The first-order valence-electron chi connectivity index (χ1n) is 6.78. The lowest BCUT2D eigenvalue weighted by Gasteiger charge is -2.34. The molecule has 0 N–H and O–H groups in total. The summed E-state index contributed by atoms with van der Waals surface area (Å²) in [6.45, 7) is 8.12. The topological polar surface area (TPSA) is 41.5 Å². The highest BCUT2D eigenvalue weighted by Crippen LogP contribution is 2.26. The van der Waals surface area contributed by atoms with E-state index in [-0.39, 0.29) is 0 Å². The molecule has 2 saturated heterocycles. The van der Waals surface area contributed by atoms with Crippen molar-refractivity contribution in [3.63, 3.8) is 0 Å². The predicted octanol–water partition coefficient (Wildman–Crippen LogP) is 1.29. The predicted molar refractivity (Wildman–Crippen MR) is 74.6 cm³/mol. The lowest BCUT2D eigenvalue weighted by Crippen LogP contribution is -2.46. The summed E-state index contributed by atoms with van der Waals surface area (Å²) in [7, 11) is 0. The second-order valence-electron chi connectivity index (χ2n) is 5.30. The third-order valence-corrected chi connectivity index (χ3v) is 4.21. The van der Waals surface area contributed by atoms with E-state index in [0.29, 0.717) is 17.1 Å². The fourth-order valence-corrected chi connectivity index (χ4v) is 3.09. The zero-order valence-electron chi connectivity index (χ0n) is 11.1. The molecule has 1 aromatic heterocycles. The molecule has 2 fully saturated rings. The van der Waals surface area contributed by atoms with Gasteiger partial charge in [0.1, 0.15) is 11.0 Å². The quantitative estimate of drug-likeness (QED) is 0.818. The van der Waals surface area contributed by atoms with Gasteiger partial charge in [-0.25, -0.2) is 9.97 Å². The largest absolute Gasteiger partial charge is 0.379 e. The maximum atomic E-state index is 5.78. The Morgan fingerprint density at radius 1 is 1.21 bits per heavy atom.